The Morgan fingerprint density at radius 2 is 1.56 bits per heavy atom. The molecule has 0 unspecified atom stereocenters. The number of likely N-dealkylation sites (N-methyl/N-ethyl adjacent to an activating group) is 2. The van der Waals surface area contributed by atoms with Crippen molar-refractivity contribution >= 4 is 35.0 Å². The van der Waals surface area contributed by atoms with Gasteiger partial charge in [-0.05, 0) is 42.4 Å². The molecule has 27 heavy (non-hydrogen) atoms. The van der Waals surface area contributed by atoms with Gasteiger partial charge in [0.25, 0.3) is 5.91 Å². The van der Waals surface area contributed by atoms with Crippen LogP contribution in [0.2, 0.25) is 10.0 Å². The van der Waals surface area contributed by atoms with E-state index in [4.69, 9.17) is 23.2 Å². The number of hydrogen-bond acceptors (Lipinski definition) is 3. The van der Waals surface area contributed by atoms with Gasteiger partial charge >= 0.3 is 0 Å². The van der Waals surface area contributed by atoms with Crippen molar-refractivity contribution in [2.75, 3.05) is 27.7 Å². The third-order valence-corrected chi connectivity index (χ3v) is 4.87. The van der Waals surface area contributed by atoms with Crippen molar-refractivity contribution in [1.82, 2.24) is 15.1 Å². The number of rotatable bonds is 7. The van der Waals surface area contributed by atoms with Gasteiger partial charge in [0.1, 0.15) is 0 Å². The zero-order valence-electron chi connectivity index (χ0n) is 15.6. The van der Waals surface area contributed by atoms with Crippen molar-refractivity contribution in [2.45, 2.75) is 13.1 Å². The van der Waals surface area contributed by atoms with E-state index in [1.54, 1.807) is 43.3 Å². The molecule has 7 heteroatoms. The second-order valence-electron chi connectivity index (χ2n) is 6.45. The molecule has 0 saturated heterocycles. The average molecular weight is 408 g/mol. The lowest BCUT2D eigenvalue weighted by atomic mass is 10.1. The van der Waals surface area contributed by atoms with E-state index in [1.165, 1.54) is 0 Å². The monoisotopic (exact) mass is 407 g/mol. The summed E-state index contributed by atoms with van der Waals surface area (Å²) in [4.78, 5) is 27.6. The molecule has 0 aromatic heterocycles. The second kappa shape index (κ2) is 9.74. The van der Waals surface area contributed by atoms with Gasteiger partial charge < -0.3 is 10.2 Å². The molecular formula is C20H23Cl2N3O2. The quantitative estimate of drug-likeness (QED) is 0.764. The normalized spacial score (nSPS) is 10.7. The Bertz CT molecular complexity index is 809. The lowest BCUT2D eigenvalue weighted by Gasteiger charge is -2.22. The van der Waals surface area contributed by atoms with Gasteiger partial charge in [-0.25, -0.2) is 0 Å². The summed E-state index contributed by atoms with van der Waals surface area (Å²) in [5.74, 6) is -0.112. The van der Waals surface area contributed by atoms with Crippen molar-refractivity contribution in [3.63, 3.8) is 0 Å². The highest BCUT2D eigenvalue weighted by Crippen LogP contribution is 2.23. The predicted octanol–water partition coefficient (Wildman–Crippen LogP) is 3.44. The Labute approximate surface area is 169 Å². The topological polar surface area (TPSA) is 52.7 Å². The minimum atomic E-state index is -0.117. The standard InChI is InChI=1S/C20H23Cl2N3O2/c1-23-20(27)16-7-4-14(5-8-16)11-24(2)13-19(26)25(3)12-15-6-9-17(21)18(22)10-15/h4-10H,11-13H2,1-3H3,(H,23,27). The summed E-state index contributed by atoms with van der Waals surface area (Å²) in [6, 6.07) is 12.7. The number of hydrogen-bond donors (Lipinski definition) is 1. The Balaban J connectivity index is 1.88. The summed E-state index contributed by atoms with van der Waals surface area (Å²) in [5.41, 5.74) is 2.57. The number of carbonyl (C=O) groups is 2. The maximum Gasteiger partial charge on any atom is 0.251 e. The zero-order valence-corrected chi connectivity index (χ0v) is 17.1. The SMILES string of the molecule is CNC(=O)c1ccc(CN(C)CC(=O)N(C)Cc2ccc(Cl)c(Cl)c2)cc1. The van der Waals surface area contributed by atoms with Crippen LogP contribution in [0.5, 0.6) is 0 Å². The number of amides is 2. The van der Waals surface area contributed by atoms with E-state index in [2.05, 4.69) is 5.32 Å². The molecule has 0 saturated carbocycles. The minimum Gasteiger partial charge on any atom is -0.355 e. The fraction of sp³-hybridized carbons (Fsp3) is 0.300. The largest absolute Gasteiger partial charge is 0.355 e. The molecule has 0 fully saturated rings. The van der Waals surface area contributed by atoms with E-state index in [1.807, 2.05) is 30.1 Å². The number of nitrogens with one attached hydrogen (secondary N) is 1. The highest BCUT2D eigenvalue weighted by molar-refractivity contribution is 6.42. The van der Waals surface area contributed by atoms with E-state index >= 15 is 0 Å². The number of carbonyl (C=O) groups excluding carboxylic acids is 2. The Hall–Kier alpha value is -2.08. The van der Waals surface area contributed by atoms with Crippen LogP contribution in [0.25, 0.3) is 0 Å². The number of nitrogens with zero attached hydrogens (tertiary/aromatic N) is 2. The average Bonchev–Trinajstić information content (AvgIpc) is 2.64. The van der Waals surface area contributed by atoms with Gasteiger partial charge in [-0.15, -0.1) is 0 Å². The highest BCUT2D eigenvalue weighted by atomic mass is 35.5. The van der Waals surface area contributed by atoms with Gasteiger partial charge in [-0.1, -0.05) is 41.4 Å². The molecule has 2 amide bonds. The molecule has 0 spiro atoms. The minimum absolute atomic E-state index is 0.00514. The molecule has 0 radical (unpaired) electrons. The van der Waals surface area contributed by atoms with E-state index in [0.29, 0.717) is 28.7 Å². The van der Waals surface area contributed by atoms with Gasteiger partial charge in [0.2, 0.25) is 5.91 Å². The van der Waals surface area contributed by atoms with E-state index in [0.717, 1.165) is 11.1 Å². The predicted molar refractivity (Wildman–Crippen MR) is 109 cm³/mol. The molecule has 0 heterocycles. The third-order valence-electron chi connectivity index (χ3n) is 4.13. The molecule has 0 bridgehead atoms. The van der Waals surface area contributed by atoms with E-state index in [9.17, 15) is 9.59 Å². The van der Waals surface area contributed by atoms with Crippen molar-refractivity contribution in [3.05, 3.63) is 69.2 Å². The lowest BCUT2D eigenvalue weighted by molar-refractivity contribution is -0.131. The molecule has 2 rings (SSSR count). The smallest absolute Gasteiger partial charge is 0.251 e. The van der Waals surface area contributed by atoms with E-state index < -0.39 is 0 Å². The van der Waals surface area contributed by atoms with Crippen LogP contribution in [0, 0.1) is 0 Å². The first-order valence-corrected chi connectivity index (χ1v) is 9.23. The lowest BCUT2D eigenvalue weighted by Crippen LogP contribution is -2.36. The first kappa shape index (κ1) is 21.2. The fourth-order valence-corrected chi connectivity index (χ4v) is 2.95. The van der Waals surface area contributed by atoms with Crippen molar-refractivity contribution in [1.29, 1.82) is 0 Å². The van der Waals surface area contributed by atoms with Crippen LogP contribution in [0.3, 0.4) is 0 Å². The van der Waals surface area contributed by atoms with Crippen LogP contribution in [0.1, 0.15) is 21.5 Å². The van der Waals surface area contributed by atoms with Crippen molar-refractivity contribution in [3.8, 4) is 0 Å². The number of halogens is 2. The van der Waals surface area contributed by atoms with Gasteiger partial charge in [0.15, 0.2) is 0 Å². The maximum atomic E-state index is 12.5. The molecule has 1 N–H and O–H groups in total. The Morgan fingerprint density at radius 3 is 2.15 bits per heavy atom. The molecule has 144 valence electrons. The molecule has 0 aliphatic rings. The van der Waals surface area contributed by atoms with Gasteiger partial charge in [-0.2, -0.15) is 0 Å². The molecule has 0 atom stereocenters. The Kier molecular flexibility index (Phi) is 7.66. The molecule has 2 aromatic carbocycles. The highest BCUT2D eigenvalue weighted by Gasteiger charge is 2.13. The fourth-order valence-electron chi connectivity index (χ4n) is 2.63. The van der Waals surface area contributed by atoms with Crippen LogP contribution < -0.4 is 5.32 Å². The first-order valence-electron chi connectivity index (χ1n) is 8.47. The molecule has 5 nitrogen and oxygen atoms in total. The van der Waals surface area contributed by atoms with Crippen LogP contribution >= 0.6 is 23.2 Å². The molecular weight excluding hydrogens is 385 g/mol. The summed E-state index contributed by atoms with van der Waals surface area (Å²) in [7, 11) is 5.25. The van der Waals surface area contributed by atoms with Crippen molar-refractivity contribution < 1.29 is 9.59 Å². The van der Waals surface area contributed by atoms with Crippen LogP contribution in [0.4, 0.5) is 0 Å². The van der Waals surface area contributed by atoms with Crippen LogP contribution in [0.15, 0.2) is 42.5 Å². The van der Waals surface area contributed by atoms with Crippen molar-refractivity contribution in [2.24, 2.45) is 0 Å². The Morgan fingerprint density at radius 1 is 0.926 bits per heavy atom. The molecule has 2 aromatic rings. The zero-order chi connectivity index (χ0) is 20.0. The van der Waals surface area contributed by atoms with Gasteiger partial charge in [0.05, 0.1) is 16.6 Å². The summed E-state index contributed by atoms with van der Waals surface area (Å²) >= 11 is 11.9. The maximum absolute atomic E-state index is 12.5. The summed E-state index contributed by atoms with van der Waals surface area (Å²) in [5, 5.41) is 3.57. The van der Waals surface area contributed by atoms with Gasteiger partial charge in [-0.3, -0.25) is 14.5 Å². The van der Waals surface area contributed by atoms with E-state index in [-0.39, 0.29) is 18.4 Å². The molecule has 0 aliphatic carbocycles. The van der Waals surface area contributed by atoms with Crippen LogP contribution in [-0.4, -0.2) is 49.3 Å². The molecule has 0 aliphatic heterocycles. The van der Waals surface area contributed by atoms with Gasteiger partial charge in [0, 0.05) is 32.7 Å². The summed E-state index contributed by atoms with van der Waals surface area (Å²) < 4.78 is 0. The third kappa shape index (κ3) is 6.24. The summed E-state index contributed by atoms with van der Waals surface area (Å²) in [6.07, 6.45) is 0. The number of benzene rings is 2. The van der Waals surface area contributed by atoms with Crippen LogP contribution in [-0.2, 0) is 17.9 Å². The second-order valence-corrected chi connectivity index (χ2v) is 7.26. The first-order chi connectivity index (χ1) is 12.8. The summed E-state index contributed by atoms with van der Waals surface area (Å²) in [6.45, 7) is 1.36.